The predicted octanol–water partition coefficient (Wildman–Crippen LogP) is 8.37. The summed E-state index contributed by atoms with van der Waals surface area (Å²) < 4.78 is 14.8. The van der Waals surface area contributed by atoms with Gasteiger partial charge in [-0.15, -0.1) is 6.58 Å². The molecule has 3 unspecified atom stereocenters. The molecule has 0 aromatic heterocycles. The zero-order valence-electron chi connectivity index (χ0n) is 35.8. The van der Waals surface area contributed by atoms with E-state index >= 15 is 0 Å². The van der Waals surface area contributed by atoms with Gasteiger partial charge in [0.25, 0.3) is 0 Å². The molecule has 0 bridgehead atoms. The molecule has 0 radical (unpaired) electrons. The average molecular weight is 842 g/mol. The Labute approximate surface area is 364 Å². The summed E-state index contributed by atoms with van der Waals surface area (Å²) in [6, 6.07) is 29.8. The number of ketones is 2. The molecule has 11 heteroatoms. The Balaban J connectivity index is 1.36. The molecule has 0 aliphatic heterocycles. The van der Waals surface area contributed by atoms with Crippen molar-refractivity contribution in [1.29, 1.82) is 0 Å². The van der Waals surface area contributed by atoms with Gasteiger partial charge in [-0.25, -0.2) is 0 Å². The van der Waals surface area contributed by atoms with E-state index in [1.165, 1.54) is 0 Å². The van der Waals surface area contributed by atoms with Gasteiger partial charge < -0.3 is 24.6 Å². The van der Waals surface area contributed by atoms with Gasteiger partial charge in [-0.2, -0.15) is 0 Å². The largest absolute Gasteiger partial charge is 0.496 e. The highest BCUT2D eigenvalue weighted by Gasteiger charge is 2.32. The number of Topliss-reactive ketones (excluding diaryl/α,β-unsaturated/α-hetero) is 2. The minimum Gasteiger partial charge on any atom is -0.496 e. The number of methoxy groups -OCH3 is 1. The molecule has 2 amide bonds. The lowest BCUT2D eigenvalue weighted by atomic mass is 9.86. The monoisotopic (exact) mass is 841 g/mol. The van der Waals surface area contributed by atoms with Crippen LogP contribution in [-0.2, 0) is 19.2 Å². The molecule has 6 aromatic carbocycles. The number of carbonyl (C=O) groups is 4. The van der Waals surface area contributed by atoms with Crippen LogP contribution in [0, 0.1) is 12.8 Å². The van der Waals surface area contributed by atoms with Crippen LogP contribution in [-0.4, -0.2) is 75.8 Å². The van der Waals surface area contributed by atoms with Gasteiger partial charge >= 0.3 is 0 Å². The predicted molar refractivity (Wildman–Crippen MR) is 247 cm³/mol. The first-order valence-electron chi connectivity index (χ1n) is 20.8. The number of benzene rings is 6. The maximum atomic E-state index is 15.0. The van der Waals surface area contributed by atoms with E-state index in [-0.39, 0.29) is 49.4 Å². The molecule has 318 valence electrons. The molecule has 0 aliphatic rings. The zero-order valence-corrected chi connectivity index (χ0v) is 36.6. The third-order valence-electron chi connectivity index (χ3n) is 11.2. The van der Waals surface area contributed by atoms with E-state index in [9.17, 15) is 19.2 Å². The first-order chi connectivity index (χ1) is 29.3. The molecular weight excluding hydrogens is 785 g/mol. The van der Waals surface area contributed by atoms with Crippen molar-refractivity contribution < 1.29 is 33.1 Å². The fraction of sp³-hybridized carbons (Fsp3) is 0.320. The Hall–Kier alpha value is -5.75. The van der Waals surface area contributed by atoms with Crippen molar-refractivity contribution in [2.24, 2.45) is 5.92 Å². The minimum atomic E-state index is -0.994. The van der Waals surface area contributed by atoms with Crippen LogP contribution in [0.5, 0.6) is 11.5 Å². The number of nitrogens with one attached hydrogen (secondary N) is 3. The summed E-state index contributed by atoms with van der Waals surface area (Å²) in [5, 5.41) is 12.7. The van der Waals surface area contributed by atoms with Crippen LogP contribution < -0.4 is 24.8 Å². The highest BCUT2D eigenvalue weighted by Crippen LogP contribution is 2.39. The Morgan fingerprint density at radius 3 is 2.18 bits per heavy atom. The van der Waals surface area contributed by atoms with Crippen molar-refractivity contribution in [3.63, 3.8) is 0 Å². The highest BCUT2D eigenvalue weighted by atomic mass is 32.1. The number of aryl methyl sites for hydroxylation is 1. The van der Waals surface area contributed by atoms with Crippen LogP contribution >= 0.6 is 12.8 Å². The summed E-state index contributed by atoms with van der Waals surface area (Å²) in [5.74, 6) is -0.590. The Kier molecular flexibility index (Phi) is 14.8. The van der Waals surface area contributed by atoms with Crippen molar-refractivity contribution in [1.82, 2.24) is 15.4 Å². The molecule has 0 spiro atoms. The normalized spacial score (nSPS) is 13.1. The quantitative estimate of drug-likeness (QED) is 0.0235. The van der Waals surface area contributed by atoms with E-state index in [1.807, 2.05) is 61.5 Å². The number of allylic oxidation sites excluding steroid dienone is 1. The van der Waals surface area contributed by atoms with Gasteiger partial charge in [0.05, 0.1) is 47.4 Å². The number of rotatable bonds is 22. The lowest BCUT2D eigenvalue weighted by Gasteiger charge is -2.28. The number of hydrogen-bond donors (Lipinski definition) is 4. The van der Waals surface area contributed by atoms with Crippen molar-refractivity contribution in [3.8, 4) is 11.5 Å². The second-order valence-electron chi connectivity index (χ2n) is 16.8. The molecular formula is C50H57N4O6S+. The average Bonchev–Trinajstić information content (AvgIpc) is 3.24. The van der Waals surface area contributed by atoms with Crippen LogP contribution in [0.3, 0.4) is 0 Å². The van der Waals surface area contributed by atoms with Gasteiger partial charge in [0.15, 0.2) is 11.6 Å². The summed E-state index contributed by atoms with van der Waals surface area (Å²) in [5.41, 5.74) is 3.18. The van der Waals surface area contributed by atoms with Crippen LogP contribution in [0.1, 0.15) is 66.4 Å². The molecule has 0 heterocycles. The highest BCUT2D eigenvalue weighted by molar-refractivity contribution is 7.78. The van der Waals surface area contributed by atoms with Crippen molar-refractivity contribution in [3.05, 3.63) is 132 Å². The molecule has 6 aromatic rings. The fourth-order valence-corrected chi connectivity index (χ4v) is 8.20. The van der Waals surface area contributed by atoms with Gasteiger partial charge in [-0.3, -0.25) is 23.9 Å². The Morgan fingerprint density at radius 2 is 1.51 bits per heavy atom. The van der Waals surface area contributed by atoms with Gasteiger partial charge in [0, 0.05) is 24.3 Å². The number of thiol groups is 1. The number of amides is 2. The molecule has 0 fully saturated rings. The third kappa shape index (κ3) is 11.2. The van der Waals surface area contributed by atoms with E-state index in [2.05, 4.69) is 86.2 Å². The third-order valence-corrected chi connectivity index (χ3v) is 11.3. The standard InChI is InChI=1S/C50H56N4O6S/c1-7-8-14-45(57)52-49(41-26-21-35-17-16-33-11-9-12-34-20-25-40(41)47(35)46(33)34)43(56)29-37(13-10-27-54(3,4)5)50(58)53-48(42-24-15-32(2)28-44(42)59-6)36-18-22-39(23-19-36)60-31-38(55)30-51-61/h7,9,11-12,15-26,28,37,48-49,51,61H,1,8,10,13-14,27,29-31H2,2-6H3,(H-,52,53,57,58)/p+1. The maximum Gasteiger partial charge on any atom is 0.224 e. The molecule has 10 nitrogen and oxygen atoms in total. The first-order valence-corrected chi connectivity index (χ1v) is 21.2. The van der Waals surface area contributed by atoms with E-state index in [4.69, 9.17) is 9.47 Å². The molecule has 3 N–H and O–H groups in total. The maximum absolute atomic E-state index is 15.0. The lowest BCUT2D eigenvalue weighted by Crippen LogP contribution is -2.40. The molecule has 3 atom stereocenters. The topological polar surface area (TPSA) is 123 Å². The number of hydrogen-bond acceptors (Lipinski definition) is 8. The van der Waals surface area contributed by atoms with Gasteiger partial charge in [0.2, 0.25) is 11.8 Å². The molecule has 0 saturated carbocycles. The number of ether oxygens (including phenoxy) is 2. The van der Waals surface area contributed by atoms with Crippen LogP contribution in [0.15, 0.2) is 110 Å². The molecule has 0 saturated heterocycles. The van der Waals surface area contributed by atoms with Crippen molar-refractivity contribution in [2.75, 3.05) is 47.9 Å². The second kappa shape index (κ2) is 20.2. The van der Waals surface area contributed by atoms with Crippen LogP contribution in [0.25, 0.3) is 32.3 Å². The minimum absolute atomic E-state index is 0.0713. The fourth-order valence-electron chi connectivity index (χ4n) is 8.02. The van der Waals surface area contributed by atoms with Crippen LogP contribution in [0.2, 0.25) is 0 Å². The second-order valence-corrected chi connectivity index (χ2v) is 17.1. The summed E-state index contributed by atoms with van der Waals surface area (Å²) in [4.78, 5) is 55.4. The first kappa shape index (κ1) is 44.8. The van der Waals surface area contributed by atoms with E-state index in [0.717, 1.165) is 55.6 Å². The smallest absolute Gasteiger partial charge is 0.224 e. The van der Waals surface area contributed by atoms with E-state index < -0.39 is 18.0 Å². The summed E-state index contributed by atoms with van der Waals surface area (Å²) in [6.45, 7) is 6.49. The molecule has 6 rings (SSSR count). The van der Waals surface area contributed by atoms with E-state index in [0.29, 0.717) is 40.8 Å². The Bertz CT molecular complexity index is 2500. The number of nitrogens with zero attached hydrogens (tertiary/aromatic N) is 1. The number of quaternary nitrogens is 1. The number of carbonyl (C=O) groups excluding carboxylic acids is 4. The van der Waals surface area contributed by atoms with Crippen molar-refractivity contribution in [2.45, 2.75) is 51.1 Å². The Morgan fingerprint density at radius 1 is 0.836 bits per heavy atom. The van der Waals surface area contributed by atoms with Gasteiger partial charge in [-0.05, 0) is 93.4 Å². The van der Waals surface area contributed by atoms with E-state index in [1.54, 1.807) is 25.3 Å². The summed E-state index contributed by atoms with van der Waals surface area (Å²) in [7, 11) is 7.90. The van der Waals surface area contributed by atoms with Crippen LogP contribution in [0.4, 0.5) is 0 Å². The summed E-state index contributed by atoms with van der Waals surface area (Å²) in [6.07, 6.45) is 3.36. The van der Waals surface area contributed by atoms with Gasteiger partial charge in [-0.1, -0.05) is 97.8 Å². The molecule has 0 aliphatic carbocycles. The summed E-state index contributed by atoms with van der Waals surface area (Å²) >= 11 is 3.89. The van der Waals surface area contributed by atoms with Crippen molar-refractivity contribution >= 4 is 68.5 Å². The SMILES string of the molecule is C=CCCC(=O)NC(C(=O)CC(CCC[N+](C)(C)C)C(=O)NC(c1ccc(OCC(=O)CNS)cc1)c1ccc(C)cc1OC)c1ccc2ccc3cccc4ccc1c2c34. The van der Waals surface area contributed by atoms with Gasteiger partial charge in [0.1, 0.15) is 24.1 Å². The zero-order chi connectivity index (χ0) is 43.7. The molecule has 61 heavy (non-hydrogen) atoms. The lowest BCUT2D eigenvalue weighted by molar-refractivity contribution is -0.870.